The topological polar surface area (TPSA) is 92.7 Å². The molecule has 0 saturated heterocycles. The molecule has 1 saturated carbocycles. The first-order chi connectivity index (χ1) is 27.7. The molecule has 1 unspecified atom stereocenters. The maximum absolute atomic E-state index is 13.0. The predicted molar refractivity (Wildman–Crippen MR) is 231 cm³/mol. The van der Waals surface area contributed by atoms with Gasteiger partial charge in [0.1, 0.15) is 17.0 Å². The molecule has 1 heterocycles. The highest BCUT2D eigenvalue weighted by atomic mass is 35.5. The molecule has 0 radical (unpaired) electrons. The second kappa shape index (κ2) is 19.1. The Morgan fingerprint density at radius 1 is 0.947 bits per heavy atom. The first-order valence-corrected chi connectivity index (χ1v) is 22.0. The van der Waals surface area contributed by atoms with Crippen LogP contribution in [0.2, 0.25) is 5.02 Å². The number of hydrogen-bond acceptors (Lipinski definition) is 6. The highest BCUT2D eigenvalue weighted by molar-refractivity contribution is 6.30. The third-order valence-electron chi connectivity index (χ3n) is 13.2. The average molecular weight is 793 g/mol. The van der Waals surface area contributed by atoms with E-state index in [0.717, 1.165) is 81.6 Å². The van der Waals surface area contributed by atoms with Gasteiger partial charge in [-0.3, -0.25) is 4.98 Å². The van der Waals surface area contributed by atoms with Crippen molar-refractivity contribution in [3.8, 4) is 11.5 Å². The Kier molecular flexibility index (Phi) is 13.8. The summed E-state index contributed by atoms with van der Waals surface area (Å²) in [5.74, 6) is 2.28. The molecule has 3 aliphatic rings. The van der Waals surface area contributed by atoms with Gasteiger partial charge in [0, 0.05) is 28.2 Å². The zero-order valence-electron chi connectivity index (χ0n) is 34.0. The Bertz CT molecular complexity index is 1930. The second-order valence-electron chi connectivity index (χ2n) is 17.3. The summed E-state index contributed by atoms with van der Waals surface area (Å²) < 4.78 is 13.0. The van der Waals surface area contributed by atoms with Gasteiger partial charge in [-0.15, -0.1) is 0 Å². The Morgan fingerprint density at radius 2 is 1.75 bits per heavy atom. The zero-order valence-corrected chi connectivity index (χ0v) is 34.8. The third-order valence-corrected chi connectivity index (χ3v) is 13.4. The number of benzene rings is 3. The van der Waals surface area contributed by atoms with Gasteiger partial charge in [-0.25, -0.2) is 4.79 Å². The first-order valence-electron chi connectivity index (χ1n) is 21.6. The molecule has 3 aromatic carbocycles. The van der Waals surface area contributed by atoms with E-state index in [-0.39, 0.29) is 5.41 Å². The van der Waals surface area contributed by atoms with Gasteiger partial charge >= 0.3 is 5.97 Å². The van der Waals surface area contributed by atoms with E-state index >= 15 is 0 Å². The largest absolute Gasteiger partial charge is 0.494 e. The number of nitrogens with one attached hydrogen (secondary N) is 2. The lowest BCUT2D eigenvalue weighted by atomic mass is 9.59. The summed E-state index contributed by atoms with van der Waals surface area (Å²) in [6.07, 6.45) is 15.5. The number of aryl methyl sites for hydroxylation is 2. The van der Waals surface area contributed by atoms with Crippen LogP contribution in [-0.4, -0.2) is 47.9 Å². The number of halogens is 1. The molecule has 57 heavy (non-hydrogen) atoms. The van der Waals surface area contributed by atoms with Crippen LogP contribution in [0, 0.1) is 11.8 Å². The number of nitrogens with zero attached hydrogens (tertiary/aromatic N) is 1. The van der Waals surface area contributed by atoms with Crippen LogP contribution in [0.4, 0.5) is 5.69 Å². The molecule has 3 N–H and O–H groups in total. The normalized spacial score (nSPS) is 23.1. The lowest BCUT2D eigenvalue weighted by Gasteiger charge is -2.47. The van der Waals surface area contributed by atoms with Crippen molar-refractivity contribution in [1.82, 2.24) is 10.3 Å². The molecular weight excluding hydrogens is 730 g/mol. The van der Waals surface area contributed by atoms with Crippen LogP contribution in [-0.2, 0) is 29.5 Å². The monoisotopic (exact) mass is 791 g/mol. The number of anilines is 1. The van der Waals surface area contributed by atoms with E-state index in [9.17, 15) is 9.90 Å². The highest BCUT2D eigenvalue weighted by Gasteiger charge is 2.54. The van der Waals surface area contributed by atoms with Gasteiger partial charge in [-0.05, 0) is 179 Å². The van der Waals surface area contributed by atoms with Gasteiger partial charge < -0.3 is 25.2 Å². The molecule has 7 rings (SSSR count). The fraction of sp³-hybridized carbons (Fsp3) is 0.510. The Balaban J connectivity index is 0.988. The molecule has 0 aliphatic heterocycles. The smallest absolute Gasteiger partial charge is 0.329 e. The average Bonchev–Trinajstić information content (AvgIpc) is 3.50. The summed E-state index contributed by atoms with van der Waals surface area (Å²) in [4.78, 5) is 17.7. The molecule has 8 heteroatoms. The minimum Gasteiger partial charge on any atom is -0.494 e. The van der Waals surface area contributed by atoms with Crippen molar-refractivity contribution in [1.29, 1.82) is 0 Å². The van der Waals surface area contributed by atoms with Gasteiger partial charge in [-0.2, -0.15) is 0 Å². The molecule has 3 aliphatic carbocycles. The molecule has 0 amide bonds. The lowest BCUT2D eigenvalue weighted by molar-refractivity contribution is -0.144. The number of ether oxygens (including phenoxy) is 2. The SMILES string of the molecule is C[C@@H](COc1ccnc2c1[C@H](C)CCC2)CC1Cc2ccc(OCCCCNCCCCc3ccccc3)cc2C12CCC(Nc1cccc(Cl)c1)(C(=O)O)CC2. The first kappa shape index (κ1) is 41.1. The predicted octanol–water partition coefficient (Wildman–Crippen LogP) is 11.0. The van der Waals surface area contributed by atoms with Crippen molar-refractivity contribution >= 4 is 23.3 Å². The van der Waals surface area contributed by atoms with Gasteiger partial charge in [0.15, 0.2) is 0 Å². The fourth-order valence-electron chi connectivity index (χ4n) is 10.1. The van der Waals surface area contributed by atoms with Crippen molar-refractivity contribution in [2.24, 2.45) is 11.8 Å². The number of carboxylic acids is 1. The van der Waals surface area contributed by atoms with E-state index < -0.39 is 11.5 Å². The van der Waals surface area contributed by atoms with E-state index in [2.05, 4.69) is 78.0 Å². The van der Waals surface area contributed by atoms with Gasteiger partial charge in [0.05, 0.1) is 13.2 Å². The summed E-state index contributed by atoms with van der Waals surface area (Å²) in [6.45, 7) is 7.99. The van der Waals surface area contributed by atoms with Crippen LogP contribution in [0.15, 0.2) is 85.1 Å². The number of aromatic nitrogens is 1. The fourth-order valence-corrected chi connectivity index (χ4v) is 10.2. The summed E-state index contributed by atoms with van der Waals surface area (Å²) in [5, 5.41) is 18.3. The molecular formula is C49H62ClN3O4. The Hall–Kier alpha value is -4.07. The molecule has 304 valence electrons. The molecule has 0 bridgehead atoms. The van der Waals surface area contributed by atoms with Crippen LogP contribution in [0.25, 0.3) is 0 Å². The minimum atomic E-state index is -1.06. The van der Waals surface area contributed by atoms with Gasteiger partial charge in [0.2, 0.25) is 0 Å². The Labute approximate surface area is 345 Å². The number of carboxylic acid groups (broad SMARTS) is 1. The van der Waals surface area contributed by atoms with E-state index in [4.69, 9.17) is 21.1 Å². The van der Waals surface area contributed by atoms with Crippen LogP contribution < -0.4 is 20.1 Å². The molecule has 4 aromatic rings. The van der Waals surface area contributed by atoms with Crippen molar-refractivity contribution in [2.45, 2.75) is 121 Å². The number of pyridine rings is 1. The number of aliphatic carboxylic acids is 1. The molecule has 1 aromatic heterocycles. The molecule has 7 nitrogen and oxygen atoms in total. The zero-order chi connectivity index (χ0) is 39.7. The maximum Gasteiger partial charge on any atom is 0.329 e. The highest BCUT2D eigenvalue weighted by Crippen LogP contribution is 2.57. The summed E-state index contributed by atoms with van der Waals surface area (Å²) >= 11 is 6.32. The third kappa shape index (κ3) is 9.97. The maximum atomic E-state index is 13.0. The Morgan fingerprint density at radius 3 is 2.54 bits per heavy atom. The van der Waals surface area contributed by atoms with Crippen molar-refractivity contribution in [3.05, 3.63) is 118 Å². The number of rotatable bonds is 19. The van der Waals surface area contributed by atoms with Gasteiger partial charge in [0.25, 0.3) is 0 Å². The number of hydrogen-bond donors (Lipinski definition) is 3. The molecule has 3 atom stereocenters. The second-order valence-corrected chi connectivity index (χ2v) is 17.7. The number of carbonyl (C=O) groups is 1. The minimum absolute atomic E-state index is 0.132. The molecule has 1 spiro atoms. The lowest BCUT2D eigenvalue weighted by Crippen LogP contribution is -2.53. The van der Waals surface area contributed by atoms with Crippen LogP contribution in [0.1, 0.15) is 118 Å². The standard InChI is InChI=1S/C49H62ClN3O4/c1-35(34-57-45-21-28-52-44-18-10-12-36(2)46(44)45)30-39-31-38-19-20-42(56-29-9-8-27-51-26-7-6-15-37-13-4-3-5-14-37)33-43(38)48(39)22-24-49(25-23-48,47(54)55)53-41-17-11-16-40(50)32-41/h3-5,11,13-14,16-17,19-21,28,32-33,35-36,39,51,53H,6-10,12,15,18,22-27,29-31,34H2,1-2H3,(H,54,55)/t35-,36-,39?,48?,49?/m1/s1. The van der Waals surface area contributed by atoms with E-state index in [1.165, 1.54) is 53.6 Å². The summed E-state index contributed by atoms with van der Waals surface area (Å²) in [7, 11) is 0. The van der Waals surface area contributed by atoms with Crippen molar-refractivity contribution < 1.29 is 19.4 Å². The van der Waals surface area contributed by atoms with E-state index in [1.807, 2.05) is 36.5 Å². The van der Waals surface area contributed by atoms with Crippen LogP contribution in [0.5, 0.6) is 11.5 Å². The number of unbranched alkanes of at least 4 members (excludes halogenated alkanes) is 2. The molecule has 1 fully saturated rings. The van der Waals surface area contributed by atoms with E-state index in [0.29, 0.717) is 48.8 Å². The number of fused-ring (bicyclic) bond motifs is 3. The van der Waals surface area contributed by atoms with Crippen molar-refractivity contribution in [2.75, 3.05) is 31.6 Å². The van der Waals surface area contributed by atoms with E-state index in [1.54, 1.807) is 0 Å². The van der Waals surface area contributed by atoms with Crippen molar-refractivity contribution in [3.63, 3.8) is 0 Å². The van der Waals surface area contributed by atoms with Crippen LogP contribution >= 0.6 is 11.6 Å². The van der Waals surface area contributed by atoms with Crippen LogP contribution in [0.3, 0.4) is 0 Å². The summed E-state index contributed by atoms with van der Waals surface area (Å²) in [5.41, 5.74) is 6.19. The summed E-state index contributed by atoms with van der Waals surface area (Å²) in [6, 6.07) is 26.9. The quantitative estimate of drug-likeness (QED) is 0.0814. The van der Waals surface area contributed by atoms with Gasteiger partial charge in [-0.1, -0.05) is 67.9 Å².